The van der Waals surface area contributed by atoms with Crippen LogP contribution in [0.1, 0.15) is 5.82 Å². The summed E-state index contributed by atoms with van der Waals surface area (Å²) in [5.41, 5.74) is 2.50. The van der Waals surface area contributed by atoms with Crippen molar-refractivity contribution < 1.29 is 14.9 Å². The average Bonchev–Trinajstić information content (AvgIpc) is 3.14. The number of aromatic nitrogens is 2. The highest BCUT2D eigenvalue weighted by atomic mass is 16.5. The summed E-state index contributed by atoms with van der Waals surface area (Å²) >= 11 is 0. The lowest BCUT2D eigenvalue weighted by atomic mass is 10.2. The van der Waals surface area contributed by atoms with Gasteiger partial charge in [-0.25, -0.2) is 4.98 Å². The standard InChI is InChI=1S/C18H16N4O3/c1-25-12-7-10(6-11(23)8-12)22-9-15(24)16(17(22)19)18-20-13-4-2-3-5-14(13)21-18/h2-8,19,23-24H,9H2,1H3,(H,20,21). The van der Waals surface area contributed by atoms with E-state index in [0.29, 0.717) is 22.8 Å². The quantitative estimate of drug-likeness (QED) is 0.588. The zero-order valence-corrected chi connectivity index (χ0v) is 13.4. The zero-order chi connectivity index (χ0) is 17.6. The highest BCUT2D eigenvalue weighted by Crippen LogP contribution is 2.34. The Bertz CT molecular complexity index is 989. The third-order valence-electron chi connectivity index (χ3n) is 4.15. The van der Waals surface area contributed by atoms with Crippen LogP contribution in [0.25, 0.3) is 16.6 Å². The van der Waals surface area contributed by atoms with Crippen molar-refractivity contribution in [1.82, 2.24) is 9.97 Å². The number of ether oxygens (including phenoxy) is 1. The van der Waals surface area contributed by atoms with Crippen LogP contribution in [-0.4, -0.2) is 39.7 Å². The Morgan fingerprint density at radius 2 is 2.00 bits per heavy atom. The van der Waals surface area contributed by atoms with E-state index in [1.807, 2.05) is 24.3 Å². The van der Waals surface area contributed by atoms with E-state index in [0.717, 1.165) is 11.0 Å². The van der Waals surface area contributed by atoms with E-state index in [4.69, 9.17) is 10.1 Å². The third-order valence-corrected chi connectivity index (χ3v) is 4.15. The molecule has 0 atom stereocenters. The second-order valence-corrected chi connectivity index (χ2v) is 5.75. The number of phenols is 1. The molecule has 4 N–H and O–H groups in total. The van der Waals surface area contributed by atoms with Crippen LogP contribution in [-0.2, 0) is 0 Å². The van der Waals surface area contributed by atoms with Gasteiger partial charge in [0.25, 0.3) is 0 Å². The summed E-state index contributed by atoms with van der Waals surface area (Å²) in [6, 6.07) is 12.2. The minimum atomic E-state index is 0.0267. The maximum Gasteiger partial charge on any atom is 0.145 e. The van der Waals surface area contributed by atoms with Gasteiger partial charge in [0.05, 0.1) is 35.9 Å². The van der Waals surface area contributed by atoms with Crippen LogP contribution in [0, 0.1) is 5.41 Å². The number of aliphatic hydroxyl groups is 1. The second kappa shape index (κ2) is 5.55. The van der Waals surface area contributed by atoms with Crippen LogP contribution in [0.5, 0.6) is 11.5 Å². The molecule has 1 aliphatic heterocycles. The molecule has 0 saturated heterocycles. The first-order valence-electron chi connectivity index (χ1n) is 7.68. The van der Waals surface area contributed by atoms with E-state index in [-0.39, 0.29) is 23.9 Å². The third kappa shape index (κ3) is 2.46. The van der Waals surface area contributed by atoms with Gasteiger partial charge in [-0.3, -0.25) is 5.41 Å². The van der Waals surface area contributed by atoms with Gasteiger partial charge in [-0.1, -0.05) is 12.1 Å². The summed E-state index contributed by atoms with van der Waals surface area (Å²) in [4.78, 5) is 9.18. The summed E-state index contributed by atoms with van der Waals surface area (Å²) in [6.45, 7) is 0.123. The van der Waals surface area contributed by atoms with Crippen molar-refractivity contribution in [1.29, 1.82) is 5.41 Å². The van der Waals surface area contributed by atoms with Gasteiger partial charge in [-0.2, -0.15) is 0 Å². The Kier molecular flexibility index (Phi) is 3.35. The number of H-pyrrole nitrogens is 1. The summed E-state index contributed by atoms with van der Waals surface area (Å²) < 4.78 is 5.16. The number of nitrogens with one attached hydrogen (secondary N) is 2. The molecule has 0 fully saturated rings. The lowest BCUT2D eigenvalue weighted by Gasteiger charge is -2.19. The molecule has 0 radical (unpaired) electrons. The summed E-state index contributed by atoms with van der Waals surface area (Å²) in [6.07, 6.45) is 0. The number of imidazole rings is 1. The Morgan fingerprint density at radius 3 is 2.76 bits per heavy atom. The molecule has 3 aromatic rings. The highest BCUT2D eigenvalue weighted by Gasteiger charge is 2.31. The van der Waals surface area contributed by atoms with Gasteiger partial charge in [0.2, 0.25) is 0 Å². The van der Waals surface area contributed by atoms with Crippen molar-refractivity contribution in [2.24, 2.45) is 0 Å². The number of para-hydroxylation sites is 2. The van der Waals surface area contributed by atoms with Crippen LogP contribution in [0.2, 0.25) is 0 Å². The molecule has 4 rings (SSSR count). The predicted molar refractivity (Wildman–Crippen MR) is 95.4 cm³/mol. The van der Waals surface area contributed by atoms with Crippen LogP contribution in [0.3, 0.4) is 0 Å². The van der Waals surface area contributed by atoms with Crippen molar-refractivity contribution in [3.63, 3.8) is 0 Å². The smallest absolute Gasteiger partial charge is 0.145 e. The Hall–Kier alpha value is -3.48. The average molecular weight is 336 g/mol. The fourth-order valence-electron chi connectivity index (χ4n) is 2.96. The molecule has 2 aromatic carbocycles. The Labute approximate surface area is 143 Å². The van der Waals surface area contributed by atoms with Gasteiger partial charge in [-0.15, -0.1) is 0 Å². The van der Waals surface area contributed by atoms with Crippen molar-refractivity contribution >= 4 is 28.1 Å². The van der Waals surface area contributed by atoms with Gasteiger partial charge in [0.15, 0.2) is 0 Å². The number of fused-ring (bicyclic) bond motifs is 1. The van der Waals surface area contributed by atoms with Gasteiger partial charge in [0.1, 0.15) is 28.9 Å². The molecule has 25 heavy (non-hydrogen) atoms. The number of aromatic hydroxyl groups is 1. The second-order valence-electron chi connectivity index (χ2n) is 5.75. The first kappa shape index (κ1) is 15.1. The van der Waals surface area contributed by atoms with E-state index >= 15 is 0 Å². The van der Waals surface area contributed by atoms with Crippen LogP contribution >= 0.6 is 0 Å². The molecule has 7 nitrogen and oxygen atoms in total. The monoisotopic (exact) mass is 336 g/mol. The number of phenolic OH excluding ortho intramolecular Hbond substituents is 1. The zero-order valence-electron chi connectivity index (χ0n) is 13.4. The van der Waals surface area contributed by atoms with Crippen molar-refractivity contribution in [2.45, 2.75) is 0 Å². The van der Waals surface area contributed by atoms with E-state index in [9.17, 15) is 10.2 Å². The first-order valence-corrected chi connectivity index (χ1v) is 7.68. The molecular weight excluding hydrogens is 320 g/mol. The highest BCUT2D eigenvalue weighted by molar-refractivity contribution is 6.30. The molecule has 0 amide bonds. The molecule has 0 saturated carbocycles. The number of amidine groups is 1. The number of methoxy groups -OCH3 is 1. The SMILES string of the molecule is COc1cc(O)cc(N2CC(O)=C(c3nc4ccccc4[nH]3)C2=N)c1. The number of anilines is 1. The number of hydrogen-bond donors (Lipinski definition) is 4. The normalized spacial score (nSPS) is 14.6. The number of nitrogens with zero attached hydrogens (tertiary/aromatic N) is 2. The van der Waals surface area contributed by atoms with Crippen molar-refractivity contribution in [2.75, 3.05) is 18.6 Å². The number of aliphatic hydroxyl groups excluding tert-OH is 1. The maximum atomic E-state index is 10.4. The van der Waals surface area contributed by atoms with Crippen molar-refractivity contribution in [3.8, 4) is 11.5 Å². The number of benzene rings is 2. The molecule has 1 aliphatic rings. The lowest BCUT2D eigenvalue weighted by molar-refractivity contribution is 0.406. The molecule has 1 aromatic heterocycles. The van der Waals surface area contributed by atoms with E-state index in [1.165, 1.54) is 19.2 Å². The summed E-state index contributed by atoms with van der Waals surface area (Å²) in [7, 11) is 1.50. The maximum absolute atomic E-state index is 10.4. The minimum Gasteiger partial charge on any atom is -0.509 e. The minimum absolute atomic E-state index is 0.0267. The van der Waals surface area contributed by atoms with Crippen LogP contribution < -0.4 is 9.64 Å². The molecule has 0 bridgehead atoms. The number of rotatable bonds is 3. The summed E-state index contributed by atoms with van der Waals surface area (Å²) in [5.74, 6) is 1.09. The number of hydrogen-bond acceptors (Lipinski definition) is 5. The first-order chi connectivity index (χ1) is 12.1. The summed E-state index contributed by atoms with van der Waals surface area (Å²) in [5, 5.41) is 28.7. The molecule has 2 heterocycles. The van der Waals surface area contributed by atoms with Crippen molar-refractivity contribution in [3.05, 3.63) is 54.0 Å². The van der Waals surface area contributed by atoms with Crippen LogP contribution in [0.4, 0.5) is 5.69 Å². The van der Waals surface area contributed by atoms with Gasteiger partial charge in [0, 0.05) is 18.2 Å². The molecule has 0 aliphatic carbocycles. The lowest BCUT2D eigenvalue weighted by Crippen LogP contribution is -2.26. The van der Waals surface area contributed by atoms with E-state index in [1.54, 1.807) is 11.0 Å². The van der Waals surface area contributed by atoms with Gasteiger partial charge >= 0.3 is 0 Å². The Morgan fingerprint density at radius 1 is 1.20 bits per heavy atom. The fourth-order valence-corrected chi connectivity index (χ4v) is 2.96. The molecule has 126 valence electrons. The molecule has 0 spiro atoms. The molecule has 7 heteroatoms. The van der Waals surface area contributed by atoms with E-state index < -0.39 is 0 Å². The molecular formula is C18H16N4O3. The fraction of sp³-hybridized carbons (Fsp3) is 0.111. The largest absolute Gasteiger partial charge is 0.509 e. The van der Waals surface area contributed by atoms with E-state index in [2.05, 4.69) is 9.97 Å². The topological polar surface area (TPSA) is 105 Å². The molecule has 0 unspecified atom stereocenters. The van der Waals surface area contributed by atoms with Crippen LogP contribution in [0.15, 0.2) is 48.2 Å². The van der Waals surface area contributed by atoms with Gasteiger partial charge < -0.3 is 24.8 Å². The predicted octanol–water partition coefficient (Wildman–Crippen LogP) is 3.04. The number of aromatic amines is 1. The van der Waals surface area contributed by atoms with Gasteiger partial charge in [-0.05, 0) is 12.1 Å². The Balaban J connectivity index is 1.73.